The average Bonchev–Trinajstić information content (AvgIpc) is 2.46. The molecule has 0 bridgehead atoms. The molecular weight excluding hydrogens is 274 g/mol. The predicted octanol–water partition coefficient (Wildman–Crippen LogP) is 0.995. The number of methoxy groups -OCH3 is 1. The van der Waals surface area contributed by atoms with Crippen molar-refractivity contribution in [3.05, 3.63) is 0 Å². The molecule has 0 aliphatic heterocycles. The summed E-state index contributed by atoms with van der Waals surface area (Å²) in [5, 5.41) is 15.1. The molecule has 4 N–H and O–H groups in total. The fourth-order valence-electron chi connectivity index (χ4n) is 2.66. The maximum atomic E-state index is 12.0. The summed E-state index contributed by atoms with van der Waals surface area (Å²) in [5.74, 6) is -0.173. The highest BCUT2D eigenvalue weighted by Gasteiger charge is 2.36. The molecule has 0 aromatic carbocycles. The van der Waals surface area contributed by atoms with Crippen LogP contribution in [0.5, 0.6) is 0 Å². The Morgan fingerprint density at radius 1 is 1.24 bits per heavy atom. The van der Waals surface area contributed by atoms with E-state index in [9.17, 15) is 4.79 Å². The Labute approximate surface area is 125 Å². The first-order valence-electron chi connectivity index (χ1n) is 7.50. The maximum absolute atomic E-state index is 12.0. The zero-order valence-electron chi connectivity index (χ0n) is 12.8. The summed E-state index contributed by atoms with van der Waals surface area (Å²) in [6, 6.07) is 0. The molecule has 1 rings (SSSR count). The van der Waals surface area contributed by atoms with Crippen LogP contribution < -0.4 is 11.1 Å². The molecule has 0 unspecified atom stereocenters. The molecule has 1 aliphatic rings. The molecule has 0 heterocycles. The lowest BCUT2D eigenvalue weighted by Crippen LogP contribution is -2.58. The van der Waals surface area contributed by atoms with Crippen molar-refractivity contribution >= 4 is 11.7 Å². The van der Waals surface area contributed by atoms with Gasteiger partial charge in [0, 0.05) is 7.11 Å². The van der Waals surface area contributed by atoms with Crippen LogP contribution in [-0.4, -0.2) is 49.4 Å². The molecule has 122 valence electrons. The van der Waals surface area contributed by atoms with Gasteiger partial charge in [-0.25, -0.2) is 0 Å². The molecule has 1 aliphatic carbocycles. The van der Waals surface area contributed by atoms with Gasteiger partial charge in [0.2, 0.25) is 5.91 Å². The van der Waals surface area contributed by atoms with Gasteiger partial charge in [0.1, 0.15) is 12.1 Å². The van der Waals surface area contributed by atoms with Gasteiger partial charge in [0.05, 0.1) is 13.2 Å². The summed E-state index contributed by atoms with van der Waals surface area (Å²) in [4.78, 5) is 12.0. The largest absolute Gasteiger partial charge is 0.409 e. The van der Waals surface area contributed by atoms with E-state index in [0.29, 0.717) is 26.1 Å². The van der Waals surface area contributed by atoms with Crippen LogP contribution in [0.4, 0.5) is 0 Å². The van der Waals surface area contributed by atoms with E-state index < -0.39 is 5.54 Å². The molecule has 0 atom stereocenters. The topological polar surface area (TPSA) is 106 Å². The van der Waals surface area contributed by atoms with Gasteiger partial charge in [0.25, 0.3) is 0 Å². The standard InChI is InChI=1S/C14H27N3O4/c1-20-9-10-21-11-12(18)16-14(13(15)17-19)7-5-3-2-4-6-8-14/h19H,2-11H2,1H3,(H2,15,17)(H,16,18). The van der Waals surface area contributed by atoms with E-state index in [0.717, 1.165) is 25.7 Å². The zero-order chi connectivity index (χ0) is 15.6. The van der Waals surface area contributed by atoms with Crippen LogP contribution >= 0.6 is 0 Å². The van der Waals surface area contributed by atoms with Gasteiger partial charge >= 0.3 is 0 Å². The average molecular weight is 301 g/mol. The van der Waals surface area contributed by atoms with Crippen LogP contribution in [-0.2, 0) is 14.3 Å². The first-order valence-corrected chi connectivity index (χ1v) is 7.50. The fraction of sp³-hybridized carbons (Fsp3) is 0.857. The third kappa shape index (κ3) is 5.89. The minimum Gasteiger partial charge on any atom is -0.409 e. The second-order valence-corrected chi connectivity index (χ2v) is 5.43. The Bertz CT molecular complexity index is 339. The van der Waals surface area contributed by atoms with Crippen molar-refractivity contribution in [3.63, 3.8) is 0 Å². The van der Waals surface area contributed by atoms with Crippen LogP contribution in [0, 0.1) is 0 Å². The van der Waals surface area contributed by atoms with Crippen molar-refractivity contribution in [3.8, 4) is 0 Å². The molecule has 7 heteroatoms. The molecule has 1 amide bonds. The summed E-state index contributed by atoms with van der Waals surface area (Å²) in [7, 11) is 1.57. The van der Waals surface area contributed by atoms with E-state index >= 15 is 0 Å². The predicted molar refractivity (Wildman–Crippen MR) is 79.3 cm³/mol. The quantitative estimate of drug-likeness (QED) is 0.214. The first kappa shape index (κ1) is 17.7. The zero-order valence-corrected chi connectivity index (χ0v) is 12.8. The van der Waals surface area contributed by atoms with Gasteiger partial charge in [-0.1, -0.05) is 37.3 Å². The second-order valence-electron chi connectivity index (χ2n) is 5.43. The van der Waals surface area contributed by atoms with Gasteiger partial charge in [-0.2, -0.15) is 0 Å². The Kier molecular flexibility index (Phi) is 8.07. The summed E-state index contributed by atoms with van der Waals surface area (Å²) in [6.45, 7) is 0.753. The molecule has 1 saturated carbocycles. The van der Waals surface area contributed by atoms with E-state index in [2.05, 4.69) is 10.5 Å². The van der Waals surface area contributed by atoms with Crippen LogP contribution in [0.3, 0.4) is 0 Å². The van der Waals surface area contributed by atoms with Crippen molar-refractivity contribution < 1.29 is 19.5 Å². The Hall–Kier alpha value is -1.34. The number of amides is 1. The van der Waals surface area contributed by atoms with E-state index in [4.69, 9.17) is 20.4 Å². The lowest BCUT2D eigenvalue weighted by atomic mass is 9.83. The highest BCUT2D eigenvalue weighted by molar-refractivity contribution is 5.94. The van der Waals surface area contributed by atoms with Gasteiger partial charge in [-0.15, -0.1) is 0 Å². The molecule has 0 spiro atoms. The highest BCUT2D eigenvalue weighted by atomic mass is 16.5. The summed E-state index contributed by atoms with van der Waals surface area (Å²) < 4.78 is 10.1. The Morgan fingerprint density at radius 2 is 1.86 bits per heavy atom. The van der Waals surface area contributed by atoms with Crippen LogP contribution in [0.2, 0.25) is 0 Å². The van der Waals surface area contributed by atoms with E-state index in [1.165, 1.54) is 6.42 Å². The summed E-state index contributed by atoms with van der Waals surface area (Å²) in [6.07, 6.45) is 6.66. The molecule has 1 fully saturated rings. The van der Waals surface area contributed by atoms with Gasteiger partial charge in [-0.3, -0.25) is 4.79 Å². The number of carbonyl (C=O) groups is 1. The Morgan fingerprint density at radius 3 is 2.43 bits per heavy atom. The number of ether oxygens (including phenoxy) is 2. The molecule has 0 aromatic rings. The second kappa shape index (κ2) is 9.57. The van der Waals surface area contributed by atoms with Crippen molar-refractivity contribution in [2.75, 3.05) is 26.9 Å². The third-order valence-electron chi connectivity index (χ3n) is 3.85. The maximum Gasteiger partial charge on any atom is 0.246 e. The van der Waals surface area contributed by atoms with Gasteiger partial charge in [0.15, 0.2) is 5.84 Å². The highest BCUT2D eigenvalue weighted by Crippen LogP contribution is 2.26. The lowest BCUT2D eigenvalue weighted by molar-refractivity contribution is -0.127. The van der Waals surface area contributed by atoms with Crippen LogP contribution in [0.15, 0.2) is 5.16 Å². The van der Waals surface area contributed by atoms with E-state index in [1.54, 1.807) is 7.11 Å². The van der Waals surface area contributed by atoms with Crippen molar-refractivity contribution in [2.45, 2.75) is 50.5 Å². The number of rotatable bonds is 7. The van der Waals surface area contributed by atoms with Crippen LogP contribution in [0.1, 0.15) is 44.9 Å². The molecular formula is C14H27N3O4. The normalized spacial score (nSPS) is 19.6. The van der Waals surface area contributed by atoms with Crippen LogP contribution in [0.25, 0.3) is 0 Å². The minimum absolute atomic E-state index is 0.0518. The SMILES string of the molecule is COCCOCC(=O)NC1(C(N)=NO)CCCCCCC1. The molecule has 0 saturated heterocycles. The van der Waals surface area contributed by atoms with Crippen molar-refractivity contribution in [2.24, 2.45) is 10.9 Å². The number of oxime groups is 1. The number of hydrogen-bond donors (Lipinski definition) is 3. The molecule has 0 aromatic heterocycles. The fourth-order valence-corrected chi connectivity index (χ4v) is 2.66. The third-order valence-corrected chi connectivity index (χ3v) is 3.85. The van der Waals surface area contributed by atoms with Gasteiger partial charge in [-0.05, 0) is 12.8 Å². The number of amidine groups is 1. The van der Waals surface area contributed by atoms with Gasteiger partial charge < -0.3 is 25.7 Å². The van der Waals surface area contributed by atoms with E-state index in [-0.39, 0.29) is 18.3 Å². The Balaban J connectivity index is 2.61. The van der Waals surface area contributed by atoms with E-state index in [1.807, 2.05) is 0 Å². The molecule has 7 nitrogen and oxygen atoms in total. The summed E-state index contributed by atoms with van der Waals surface area (Å²) in [5.41, 5.74) is 5.10. The lowest BCUT2D eigenvalue weighted by Gasteiger charge is -2.35. The number of nitrogens with one attached hydrogen (secondary N) is 1. The van der Waals surface area contributed by atoms with Crippen molar-refractivity contribution in [1.29, 1.82) is 0 Å². The number of carbonyl (C=O) groups excluding carboxylic acids is 1. The van der Waals surface area contributed by atoms with Crippen molar-refractivity contribution in [1.82, 2.24) is 5.32 Å². The molecule has 0 radical (unpaired) electrons. The summed E-state index contributed by atoms with van der Waals surface area (Å²) >= 11 is 0. The molecule has 21 heavy (non-hydrogen) atoms. The number of nitrogens with two attached hydrogens (primary N) is 1. The monoisotopic (exact) mass is 301 g/mol. The number of nitrogens with zero attached hydrogens (tertiary/aromatic N) is 1. The number of hydrogen-bond acceptors (Lipinski definition) is 5. The minimum atomic E-state index is -0.753. The first-order chi connectivity index (χ1) is 10.1. The smallest absolute Gasteiger partial charge is 0.246 e.